The Balaban J connectivity index is 1.91. The summed E-state index contributed by atoms with van der Waals surface area (Å²) < 4.78 is 13.4. The summed E-state index contributed by atoms with van der Waals surface area (Å²) in [6.45, 7) is 3.10. The van der Waals surface area contributed by atoms with Gasteiger partial charge >= 0.3 is 0 Å². The molecule has 0 aromatic heterocycles. The number of Topliss-reactive ketones (excluding diaryl/α,β-unsaturated/α-hetero) is 1. The van der Waals surface area contributed by atoms with Gasteiger partial charge in [-0.3, -0.25) is 9.69 Å². The molecule has 2 aromatic carbocycles. The molecule has 102 valence electrons. The molecule has 1 atom stereocenters. The molecule has 0 radical (unpaired) electrons. The Morgan fingerprint density at radius 1 is 1.20 bits per heavy atom. The first-order chi connectivity index (χ1) is 9.65. The number of ketones is 1. The zero-order valence-corrected chi connectivity index (χ0v) is 11.3. The van der Waals surface area contributed by atoms with E-state index in [9.17, 15) is 9.18 Å². The van der Waals surface area contributed by atoms with Gasteiger partial charge in [0.1, 0.15) is 5.82 Å². The van der Waals surface area contributed by atoms with Crippen LogP contribution < -0.4 is 0 Å². The van der Waals surface area contributed by atoms with Crippen LogP contribution in [0.15, 0.2) is 48.5 Å². The molecule has 0 saturated carbocycles. The monoisotopic (exact) mass is 269 g/mol. The van der Waals surface area contributed by atoms with Gasteiger partial charge in [0, 0.05) is 18.2 Å². The smallest absolute Gasteiger partial charge is 0.177 e. The summed E-state index contributed by atoms with van der Waals surface area (Å²) in [4.78, 5) is 14.3. The Morgan fingerprint density at radius 2 is 1.95 bits per heavy atom. The van der Waals surface area contributed by atoms with Gasteiger partial charge in [0.25, 0.3) is 0 Å². The molecule has 1 unspecified atom stereocenters. The number of carbonyl (C=O) groups excluding carboxylic acids is 1. The third kappa shape index (κ3) is 2.37. The fourth-order valence-corrected chi connectivity index (χ4v) is 2.75. The lowest BCUT2D eigenvalue weighted by Gasteiger charge is -2.34. The average molecular weight is 269 g/mol. The van der Waals surface area contributed by atoms with E-state index in [4.69, 9.17) is 0 Å². The van der Waals surface area contributed by atoms with E-state index < -0.39 is 0 Å². The number of halogens is 1. The van der Waals surface area contributed by atoms with E-state index in [1.54, 1.807) is 6.07 Å². The molecule has 0 spiro atoms. The number of nitrogens with zero attached hydrogens (tertiary/aromatic N) is 1. The van der Waals surface area contributed by atoms with E-state index in [0.717, 1.165) is 11.1 Å². The number of hydrogen-bond acceptors (Lipinski definition) is 2. The molecule has 1 aliphatic rings. The highest BCUT2D eigenvalue weighted by molar-refractivity contribution is 6.00. The van der Waals surface area contributed by atoms with Gasteiger partial charge in [-0.05, 0) is 36.2 Å². The van der Waals surface area contributed by atoms with Crippen molar-refractivity contribution < 1.29 is 9.18 Å². The van der Waals surface area contributed by atoms with Crippen molar-refractivity contribution in [2.75, 3.05) is 6.54 Å². The Kier molecular flexibility index (Phi) is 3.36. The molecule has 1 heterocycles. The van der Waals surface area contributed by atoms with Crippen molar-refractivity contribution in [3.8, 4) is 0 Å². The normalized spacial score (nSPS) is 18.9. The first-order valence-corrected chi connectivity index (χ1v) is 6.76. The van der Waals surface area contributed by atoms with Crippen molar-refractivity contribution in [1.29, 1.82) is 0 Å². The predicted molar refractivity (Wildman–Crippen MR) is 76.0 cm³/mol. The van der Waals surface area contributed by atoms with Gasteiger partial charge in [0.2, 0.25) is 0 Å². The van der Waals surface area contributed by atoms with Crippen molar-refractivity contribution >= 4 is 5.78 Å². The highest BCUT2D eigenvalue weighted by atomic mass is 19.1. The van der Waals surface area contributed by atoms with Crippen LogP contribution in [0.1, 0.15) is 34.5 Å². The van der Waals surface area contributed by atoms with E-state index in [2.05, 4.69) is 4.90 Å². The Morgan fingerprint density at radius 3 is 2.70 bits per heavy atom. The van der Waals surface area contributed by atoms with Crippen LogP contribution in [-0.4, -0.2) is 17.2 Å². The van der Waals surface area contributed by atoms with Crippen LogP contribution in [0.4, 0.5) is 4.39 Å². The highest BCUT2D eigenvalue weighted by Gasteiger charge is 2.29. The first-order valence-electron chi connectivity index (χ1n) is 6.76. The van der Waals surface area contributed by atoms with Crippen LogP contribution in [0, 0.1) is 5.82 Å². The molecule has 2 aromatic rings. The summed E-state index contributed by atoms with van der Waals surface area (Å²) in [5, 5.41) is 0. The van der Waals surface area contributed by atoms with Gasteiger partial charge in [-0.15, -0.1) is 0 Å². The molecule has 0 N–H and O–H groups in total. The minimum absolute atomic E-state index is 0.0404. The predicted octanol–water partition coefficient (Wildman–Crippen LogP) is 3.59. The number of fused-ring (bicyclic) bond motifs is 1. The van der Waals surface area contributed by atoms with Gasteiger partial charge in [-0.2, -0.15) is 0 Å². The SMILES string of the molecule is CC1c2cc(F)ccc2C(=O)CN1Cc1ccccc1. The summed E-state index contributed by atoms with van der Waals surface area (Å²) in [5.74, 6) is -0.223. The largest absolute Gasteiger partial charge is 0.293 e. The molecule has 0 amide bonds. The van der Waals surface area contributed by atoms with Crippen LogP contribution in [0.2, 0.25) is 0 Å². The summed E-state index contributed by atoms with van der Waals surface area (Å²) in [6, 6.07) is 14.5. The second-order valence-electron chi connectivity index (χ2n) is 5.22. The fraction of sp³-hybridized carbons (Fsp3) is 0.235. The van der Waals surface area contributed by atoms with Gasteiger partial charge < -0.3 is 0 Å². The average Bonchev–Trinajstić information content (AvgIpc) is 2.45. The Labute approximate surface area is 117 Å². The molecule has 20 heavy (non-hydrogen) atoms. The Bertz CT molecular complexity index is 639. The maximum atomic E-state index is 13.4. The van der Waals surface area contributed by atoms with Crippen molar-refractivity contribution in [1.82, 2.24) is 4.90 Å². The summed E-state index contributed by atoms with van der Waals surface area (Å²) in [6.07, 6.45) is 0. The molecular formula is C17H16FNO. The summed E-state index contributed by atoms with van der Waals surface area (Å²) >= 11 is 0. The van der Waals surface area contributed by atoms with Gasteiger partial charge in [-0.1, -0.05) is 30.3 Å². The molecule has 0 aliphatic carbocycles. The van der Waals surface area contributed by atoms with E-state index in [-0.39, 0.29) is 17.6 Å². The van der Waals surface area contributed by atoms with E-state index in [0.29, 0.717) is 18.7 Å². The lowest BCUT2D eigenvalue weighted by Crippen LogP contribution is -2.37. The van der Waals surface area contributed by atoms with E-state index in [1.165, 1.54) is 12.1 Å². The van der Waals surface area contributed by atoms with E-state index >= 15 is 0 Å². The van der Waals surface area contributed by atoms with Gasteiger partial charge in [0.15, 0.2) is 5.78 Å². The molecule has 3 rings (SSSR count). The fourth-order valence-electron chi connectivity index (χ4n) is 2.75. The van der Waals surface area contributed by atoms with Crippen molar-refractivity contribution in [2.24, 2.45) is 0 Å². The zero-order chi connectivity index (χ0) is 14.1. The first kappa shape index (κ1) is 13.0. The van der Waals surface area contributed by atoms with Crippen LogP contribution in [-0.2, 0) is 6.54 Å². The molecule has 0 fully saturated rings. The van der Waals surface area contributed by atoms with E-state index in [1.807, 2.05) is 37.3 Å². The number of benzene rings is 2. The standard InChI is InChI=1S/C17H16FNO/c1-12-16-9-14(18)7-8-15(16)17(20)11-19(12)10-13-5-3-2-4-6-13/h2-9,12H,10-11H2,1H3. The quantitative estimate of drug-likeness (QED) is 0.830. The summed E-state index contributed by atoms with van der Waals surface area (Å²) in [7, 11) is 0. The third-order valence-corrected chi connectivity index (χ3v) is 3.89. The minimum Gasteiger partial charge on any atom is -0.293 e. The molecule has 0 saturated heterocycles. The van der Waals surface area contributed by atoms with Crippen LogP contribution in [0.25, 0.3) is 0 Å². The maximum absolute atomic E-state index is 13.4. The van der Waals surface area contributed by atoms with Crippen molar-refractivity contribution in [2.45, 2.75) is 19.5 Å². The van der Waals surface area contributed by atoms with Gasteiger partial charge in [-0.25, -0.2) is 4.39 Å². The zero-order valence-electron chi connectivity index (χ0n) is 11.3. The second kappa shape index (κ2) is 5.17. The molecule has 2 nitrogen and oxygen atoms in total. The highest BCUT2D eigenvalue weighted by Crippen LogP contribution is 2.30. The lowest BCUT2D eigenvalue weighted by atomic mass is 9.92. The molecule has 3 heteroatoms. The minimum atomic E-state index is -0.287. The Hall–Kier alpha value is -2.00. The molecule has 1 aliphatic heterocycles. The number of hydrogen-bond donors (Lipinski definition) is 0. The maximum Gasteiger partial charge on any atom is 0.177 e. The lowest BCUT2D eigenvalue weighted by molar-refractivity contribution is 0.0851. The van der Waals surface area contributed by atoms with Crippen LogP contribution in [0.5, 0.6) is 0 Å². The van der Waals surface area contributed by atoms with Gasteiger partial charge in [0.05, 0.1) is 6.54 Å². The number of carbonyl (C=O) groups is 1. The van der Waals surface area contributed by atoms with Crippen molar-refractivity contribution in [3.63, 3.8) is 0 Å². The molecular weight excluding hydrogens is 253 g/mol. The third-order valence-electron chi connectivity index (χ3n) is 3.89. The van der Waals surface area contributed by atoms with Crippen LogP contribution >= 0.6 is 0 Å². The number of rotatable bonds is 2. The van der Waals surface area contributed by atoms with Crippen molar-refractivity contribution in [3.05, 3.63) is 71.0 Å². The topological polar surface area (TPSA) is 20.3 Å². The molecule has 0 bridgehead atoms. The van der Waals surface area contributed by atoms with Crippen LogP contribution in [0.3, 0.4) is 0 Å². The second-order valence-corrected chi connectivity index (χ2v) is 5.22. The summed E-state index contributed by atoms with van der Waals surface area (Å²) in [5.41, 5.74) is 2.60.